The molecule has 6 nitrogen and oxygen atoms in total. The molecule has 2 saturated carbocycles. The summed E-state index contributed by atoms with van der Waals surface area (Å²) in [7, 11) is -0.984. The highest BCUT2D eigenvalue weighted by Crippen LogP contribution is 2.49. The van der Waals surface area contributed by atoms with Crippen LogP contribution < -0.4 is 4.72 Å². The third-order valence-corrected chi connectivity index (χ3v) is 7.88. The first-order chi connectivity index (χ1) is 11.0. The molecule has 0 radical (unpaired) electrons. The predicted octanol–water partition coefficient (Wildman–Crippen LogP) is 1.25. The molecule has 4 rings (SSSR count). The topological polar surface area (TPSA) is 67.2 Å². The van der Waals surface area contributed by atoms with Gasteiger partial charge in [-0.3, -0.25) is 4.90 Å². The van der Waals surface area contributed by atoms with E-state index in [4.69, 9.17) is 0 Å². The number of aryl methyl sites for hydroxylation is 1. The molecule has 3 aliphatic rings. The van der Waals surface area contributed by atoms with Crippen molar-refractivity contribution in [2.75, 3.05) is 13.1 Å². The lowest BCUT2D eigenvalue weighted by molar-refractivity contribution is 0.0100. The van der Waals surface area contributed by atoms with Crippen LogP contribution >= 0.6 is 0 Å². The first kappa shape index (κ1) is 15.6. The summed E-state index contributed by atoms with van der Waals surface area (Å²) < 4.78 is 29.0. The van der Waals surface area contributed by atoms with Crippen LogP contribution in [0, 0.1) is 5.41 Å². The maximum atomic E-state index is 12.0. The number of imidazole rings is 1. The number of hydrogen-bond donors (Lipinski definition) is 1. The fraction of sp³-hybridized carbons (Fsp3) is 0.812. The first-order valence-corrected chi connectivity index (χ1v) is 10.2. The van der Waals surface area contributed by atoms with E-state index in [-0.39, 0.29) is 11.3 Å². The number of piperidine rings is 1. The maximum absolute atomic E-state index is 12.0. The highest BCUT2D eigenvalue weighted by molar-refractivity contribution is 7.90. The van der Waals surface area contributed by atoms with Crippen LogP contribution in [0.1, 0.15) is 44.2 Å². The average Bonchev–Trinajstić information content (AvgIpc) is 3.26. The largest absolute Gasteiger partial charge is 0.337 e. The van der Waals surface area contributed by atoms with Crippen LogP contribution in [0.2, 0.25) is 0 Å². The Morgan fingerprint density at radius 3 is 2.57 bits per heavy atom. The van der Waals surface area contributed by atoms with E-state index in [9.17, 15) is 8.42 Å². The fourth-order valence-corrected chi connectivity index (χ4v) is 5.72. The number of rotatable bonds is 5. The molecule has 23 heavy (non-hydrogen) atoms. The van der Waals surface area contributed by atoms with Crippen LogP contribution in [0.3, 0.4) is 0 Å². The second-order valence-corrected chi connectivity index (χ2v) is 9.73. The van der Waals surface area contributed by atoms with Crippen molar-refractivity contribution in [3.05, 3.63) is 18.2 Å². The molecule has 2 heterocycles. The minimum Gasteiger partial charge on any atom is -0.337 e. The summed E-state index contributed by atoms with van der Waals surface area (Å²) in [5.41, 5.74) is 1.64. The van der Waals surface area contributed by atoms with Crippen molar-refractivity contribution < 1.29 is 8.42 Å². The highest BCUT2D eigenvalue weighted by atomic mass is 32.2. The third kappa shape index (κ3) is 3.19. The summed E-state index contributed by atoms with van der Waals surface area (Å²) in [5, 5.41) is -0.0974. The molecule has 3 fully saturated rings. The molecule has 7 heteroatoms. The van der Waals surface area contributed by atoms with Gasteiger partial charge in [0.05, 0.1) is 17.3 Å². The summed E-state index contributed by atoms with van der Waals surface area (Å²) in [6, 6.07) is 0.184. The van der Waals surface area contributed by atoms with Gasteiger partial charge in [0.1, 0.15) is 0 Å². The van der Waals surface area contributed by atoms with Crippen LogP contribution in [0.15, 0.2) is 12.5 Å². The molecule has 1 saturated heterocycles. The van der Waals surface area contributed by atoms with Gasteiger partial charge in [0.15, 0.2) is 0 Å². The standard InChI is InChI=1S/C16H26N4O2S/c1-19-12-17-10-14(19)11-20-6-4-16(5-7-20)8-13(9-16)18-23(21,22)15-2-3-15/h10,12-13,15,18H,2-9,11H2,1H3. The summed E-state index contributed by atoms with van der Waals surface area (Å²) in [6.07, 6.45) is 9.90. The zero-order chi connectivity index (χ0) is 16.1. The van der Waals surface area contributed by atoms with Crippen molar-refractivity contribution in [2.24, 2.45) is 12.5 Å². The number of aromatic nitrogens is 2. The van der Waals surface area contributed by atoms with Gasteiger partial charge in [0.25, 0.3) is 0 Å². The van der Waals surface area contributed by atoms with Gasteiger partial charge in [0, 0.05) is 25.8 Å². The van der Waals surface area contributed by atoms with Crippen LogP contribution in [-0.4, -0.2) is 47.3 Å². The summed E-state index contributed by atoms with van der Waals surface area (Å²) in [6.45, 7) is 3.17. The number of hydrogen-bond acceptors (Lipinski definition) is 4. The Hall–Kier alpha value is -0.920. The van der Waals surface area contributed by atoms with E-state index in [2.05, 4.69) is 19.2 Å². The molecule has 1 aromatic rings. The fourth-order valence-electron chi connectivity index (χ4n) is 4.14. The van der Waals surface area contributed by atoms with Gasteiger partial charge in [-0.25, -0.2) is 18.1 Å². The molecule has 0 bridgehead atoms. The van der Waals surface area contributed by atoms with E-state index in [1.165, 1.54) is 18.5 Å². The molecule has 0 amide bonds. The van der Waals surface area contributed by atoms with E-state index >= 15 is 0 Å². The van der Waals surface area contributed by atoms with Crippen LogP contribution in [-0.2, 0) is 23.6 Å². The van der Waals surface area contributed by atoms with E-state index < -0.39 is 10.0 Å². The Kier molecular flexibility index (Phi) is 3.77. The number of nitrogens with one attached hydrogen (secondary N) is 1. The van der Waals surface area contributed by atoms with Gasteiger partial charge >= 0.3 is 0 Å². The van der Waals surface area contributed by atoms with Gasteiger partial charge in [-0.1, -0.05) is 0 Å². The monoisotopic (exact) mass is 338 g/mol. The normalized spacial score (nSPS) is 25.6. The van der Waals surface area contributed by atoms with Gasteiger partial charge in [0.2, 0.25) is 10.0 Å². The molecule has 1 spiro atoms. The van der Waals surface area contributed by atoms with E-state index in [0.29, 0.717) is 5.41 Å². The molecule has 0 aromatic carbocycles. The Bertz CT molecular complexity index is 664. The van der Waals surface area contributed by atoms with Gasteiger partial charge in [-0.05, 0) is 57.0 Å². The first-order valence-electron chi connectivity index (χ1n) is 8.65. The molecule has 1 aromatic heterocycles. The lowest BCUT2D eigenvalue weighted by Crippen LogP contribution is -2.55. The van der Waals surface area contributed by atoms with E-state index in [0.717, 1.165) is 45.3 Å². The van der Waals surface area contributed by atoms with Crippen molar-refractivity contribution in [3.8, 4) is 0 Å². The average molecular weight is 338 g/mol. The lowest BCUT2D eigenvalue weighted by Gasteiger charge is -2.52. The van der Waals surface area contributed by atoms with Gasteiger partial charge in [-0.2, -0.15) is 0 Å². The van der Waals surface area contributed by atoms with Gasteiger partial charge < -0.3 is 4.57 Å². The summed E-state index contributed by atoms with van der Waals surface area (Å²) in [4.78, 5) is 6.67. The predicted molar refractivity (Wildman–Crippen MR) is 88.3 cm³/mol. The molecule has 1 N–H and O–H groups in total. The van der Waals surface area contributed by atoms with E-state index in [1.807, 2.05) is 19.6 Å². The van der Waals surface area contributed by atoms with Crippen LogP contribution in [0.4, 0.5) is 0 Å². The number of nitrogens with zero attached hydrogens (tertiary/aromatic N) is 3. The van der Waals surface area contributed by atoms with Crippen LogP contribution in [0.25, 0.3) is 0 Å². The Labute approximate surface area is 138 Å². The molecule has 0 unspecified atom stereocenters. The van der Waals surface area contributed by atoms with Crippen molar-refractivity contribution >= 4 is 10.0 Å². The van der Waals surface area contributed by atoms with Crippen LogP contribution in [0.5, 0.6) is 0 Å². The lowest BCUT2D eigenvalue weighted by atomic mass is 9.61. The summed E-state index contributed by atoms with van der Waals surface area (Å²) >= 11 is 0. The smallest absolute Gasteiger partial charge is 0.214 e. The van der Waals surface area contributed by atoms with Gasteiger partial charge in [-0.15, -0.1) is 0 Å². The third-order valence-electron chi connectivity index (χ3n) is 5.87. The SMILES string of the molecule is Cn1cncc1CN1CCC2(CC1)CC(NS(=O)(=O)C1CC1)C2. The minimum atomic E-state index is -3.02. The Morgan fingerprint density at radius 1 is 1.30 bits per heavy atom. The van der Waals surface area contributed by atoms with Crippen molar-refractivity contribution in [2.45, 2.75) is 56.4 Å². The number of sulfonamides is 1. The molecule has 1 aliphatic heterocycles. The zero-order valence-electron chi connectivity index (χ0n) is 13.7. The second kappa shape index (κ2) is 5.57. The van der Waals surface area contributed by atoms with Crippen molar-refractivity contribution in [3.63, 3.8) is 0 Å². The number of likely N-dealkylation sites (tertiary alicyclic amines) is 1. The molecule has 0 atom stereocenters. The van der Waals surface area contributed by atoms with E-state index in [1.54, 1.807) is 0 Å². The Morgan fingerprint density at radius 2 is 2.00 bits per heavy atom. The molecule has 2 aliphatic carbocycles. The summed E-state index contributed by atoms with van der Waals surface area (Å²) in [5.74, 6) is 0. The highest BCUT2D eigenvalue weighted by Gasteiger charge is 2.48. The second-order valence-electron chi connectivity index (χ2n) is 7.74. The quantitative estimate of drug-likeness (QED) is 0.877. The molecular formula is C16H26N4O2S. The van der Waals surface area contributed by atoms with Crippen molar-refractivity contribution in [1.29, 1.82) is 0 Å². The Balaban J connectivity index is 1.25. The molecular weight excluding hydrogens is 312 g/mol. The van der Waals surface area contributed by atoms with Crippen molar-refractivity contribution in [1.82, 2.24) is 19.2 Å². The minimum absolute atomic E-state index is 0.0974. The molecule has 128 valence electrons. The zero-order valence-corrected chi connectivity index (χ0v) is 14.6. The maximum Gasteiger partial charge on any atom is 0.214 e.